The number of carboxylic acids is 1. The Labute approximate surface area is 95.7 Å². The Kier molecular flexibility index (Phi) is 4.41. The average Bonchev–Trinajstić information content (AvgIpc) is 2.25. The van der Waals surface area contributed by atoms with Crippen LogP contribution in [0.4, 0.5) is 5.69 Å². The fourth-order valence-electron chi connectivity index (χ4n) is 1.42. The van der Waals surface area contributed by atoms with Crippen LogP contribution in [-0.4, -0.2) is 24.2 Å². The molecule has 16 heavy (non-hydrogen) atoms. The number of aliphatic carboxylic acids is 1. The molecule has 0 aliphatic carbocycles. The van der Waals surface area contributed by atoms with Crippen molar-refractivity contribution in [2.24, 2.45) is 0 Å². The molecule has 1 aromatic carbocycles. The van der Waals surface area contributed by atoms with Gasteiger partial charge in [0.05, 0.1) is 0 Å². The summed E-state index contributed by atoms with van der Waals surface area (Å²) in [5, 5.41) is 8.81. The third kappa shape index (κ3) is 3.66. The van der Waals surface area contributed by atoms with E-state index in [4.69, 9.17) is 11.5 Å². The van der Waals surface area contributed by atoms with Crippen molar-refractivity contribution in [2.45, 2.75) is 13.3 Å². The van der Waals surface area contributed by atoms with Gasteiger partial charge in [0.1, 0.15) is 6.54 Å². The van der Waals surface area contributed by atoms with Crippen LogP contribution in [-0.2, 0) is 4.79 Å². The number of hydrogen-bond acceptors (Lipinski definition) is 2. The Morgan fingerprint density at radius 1 is 1.44 bits per heavy atom. The molecule has 1 rings (SSSR count). The van der Waals surface area contributed by atoms with E-state index >= 15 is 0 Å². The first-order valence-electron chi connectivity index (χ1n) is 5.10. The van der Waals surface area contributed by atoms with Crippen molar-refractivity contribution < 1.29 is 9.90 Å². The zero-order chi connectivity index (χ0) is 12.0. The standard InChI is InChI=1S/C13H15NO2/c1-3-4-9-14(10-13(15)16)12-7-5-11(2)6-8-12/h1,5-8H,4,9-10H2,2H3,(H,15,16). The van der Waals surface area contributed by atoms with E-state index in [2.05, 4.69) is 5.92 Å². The highest BCUT2D eigenvalue weighted by Gasteiger charge is 2.09. The molecule has 0 aliphatic heterocycles. The van der Waals surface area contributed by atoms with E-state index in [0.29, 0.717) is 13.0 Å². The van der Waals surface area contributed by atoms with E-state index in [0.717, 1.165) is 11.3 Å². The summed E-state index contributed by atoms with van der Waals surface area (Å²) in [5.74, 6) is 1.67. The van der Waals surface area contributed by atoms with Crippen LogP contribution in [0.3, 0.4) is 0 Å². The lowest BCUT2D eigenvalue weighted by atomic mass is 10.2. The molecule has 0 bridgehead atoms. The van der Waals surface area contributed by atoms with Crippen molar-refractivity contribution >= 4 is 11.7 Å². The average molecular weight is 217 g/mol. The molecule has 0 radical (unpaired) electrons. The first-order chi connectivity index (χ1) is 7.63. The predicted molar refractivity (Wildman–Crippen MR) is 64.5 cm³/mol. The second kappa shape index (κ2) is 5.82. The van der Waals surface area contributed by atoms with Crippen molar-refractivity contribution in [3.8, 4) is 12.3 Å². The monoisotopic (exact) mass is 217 g/mol. The largest absolute Gasteiger partial charge is 0.480 e. The van der Waals surface area contributed by atoms with Gasteiger partial charge in [-0.25, -0.2) is 0 Å². The second-order valence-electron chi connectivity index (χ2n) is 3.60. The lowest BCUT2D eigenvalue weighted by Gasteiger charge is -2.21. The molecule has 0 saturated heterocycles. The van der Waals surface area contributed by atoms with Crippen LogP contribution in [0.1, 0.15) is 12.0 Å². The van der Waals surface area contributed by atoms with E-state index in [-0.39, 0.29) is 6.54 Å². The number of nitrogens with zero attached hydrogens (tertiary/aromatic N) is 1. The van der Waals surface area contributed by atoms with E-state index < -0.39 is 5.97 Å². The number of anilines is 1. The number of terminal acetylenes is 1. The molecule has 1 N–H and O–H groups in total. The van der Waals surface area contributed by atoms with Crippen LogP contribution in [0.15, 0.2) is 24.3 Å². The van der Waals surface area contributed by atoms with Gasteiger partial charge in [0, 0.05) is 18.7 Å². The molecule has 0 unspecified atom stereocenters. The minimum Gasteiger partial charge on any atom is -0.480 e. The smallest absolute Gasteiger partial charge is 0.323 e. The second-order valence-corrected chi connectivity index (χ2v) is 3.60. The van der Waals surface area contributed by atoms with Crippen molar-refractivity contribution in [3.63, 3.8) is 0 Å². The maximum absolute atomic E-state index is 10.7. The quantitative estimate of drug-likeness (QED) is 0.766. The van der Waals surface area contributed by atoms with Gasteiger partial charge in [-0.05, 0) is 19.1 Å². The highest BCUT2D eigenvalue weighted by molar-refractivity contribution is 5.73. The summed E-state index contributed by atoms with van der Waals surface area (Å²) in [6.45, 7) is 2.53. The minimum atomic E-state index is -0.849. The normalized spacial score (nSPS) is 9.50. The highest BCUT2D eigenvalue weighted by atomic mass is 16.4. The van der Waals surface area contributed by atoms with Gasteiger partial charge in [-0.1, -0.05) is 17.7 Å². The van der Waals surface area contributed by atoms with Gasteiger partial charge < -0.3 is 10.0 Å². The SMILES string of the molecule is C#CCCN(CC(=O)O)c1ccc(C)cc1. The van der Waals surface area contributed by atoms with Crippen LogP contribution in [0.2, 0.25) is 0 Å². The van der Waals surface area contributed by atoms with Crippen molar-refractivity contribution in [1.82, 2.24) is 0 Å². The van der Waals surface area contributed by atoms with Gasteiger partial charge in [0.25, 0.3) is 0 Å². The number of hydrogen-bond donors (Lipinski definition) is 1. The number of carbonyl (C=O) groups is 1. The lowest BCUT2D eigenvalue weighted by molar-refractivity contribution is -0.135. The summed E-state index contributed by atoms with van der Waals surface area (Å²) in [7, 11) is 0. The molecule has 3 heteroatoms. The van der Waals surface area contributed by atoms with Gasteiger partial charge in [-0.3, -0.25) is 4.79 Å². The fraction of sp³-hybridized carbons (Fsp3) is 0.308. The number of rotatable bonds is 5. The van der Waals surface area contributed by atoms with Gasteiger partial charge in [0.15, 0.2) is 0 Å². The number of carboxylic acid groups (broad SMARTS) is 1. The van der Waals surface area contributed by atoms with E-state index in [1.165, 1.54) is 0 Å². The highest BCUT2D eigenvalue weighted by Crippen LogP contribution is 2.15. The Balaban J connectivity index is 2.79. The molecular weight excluding hydrogens is 202 g/mol. The molecule has 0 atom stereocenters. The van der Waals surface area contributed by atoms with Crippen LogP contribution >= 0.6 is 0 Å². The number of aryl methyl sites for hydroxylation is 1. The molecule has 0 saturated carbocycles. The van der Waals surface area contributed by atoms with E-state index in [1.54, 1.807) is 4.90 Å². The molecule has 0 amide bonds. The maximum atomic E-state index is 10.7. The number of benzene rings is 1. The summed E-state index contributed by atoms with van der Waals surface area (Å²) in [6.07, 6.45) is 5.73. The lowest BCUT2D eigenvalue weighted by Crippen LogP contribution is -2.30. The van der Waals surface area contributed by atoms with Gasteiger partial charge >= 0.3 is 5.97 Å². The predicted octanol–water partition coefficient (Wildman–Crippen LogP) is 1.91. The minimum absolute atomic E-state index is 0.0231. The molecule has 0 aromatic heterocycles. The molecule has 1 aromatic rings. The van der Waals surface area contributed by atoms with Crippen molar-refractivity contribution in [1.29, 1.82) is 0 Å². The first kappa shape index (κ1) is 12.1. The topological polar surface area (TPSA) is 40.5 Å². The maximum Gasteiger partial charge on any atom is 0.323 e. The Hall–Kier alpha value is -1.95. The van der Waals surface area contributed by atoms with Crippen molar-refractivity contribution in [3.05, 3.63) is 29.8 Å². The summed E-state index contributed by atoms with van der Waals surface area (Å²) < 4.78 is 0. The summed E-state index contributed by atoms with van der Waals surface area (Å²) in [6, 6.07) is 7.74. The molecule has 0 spiro atoms. The zero-order valence-corrected chi connectivity index (χ0v) is 9.31. The Morgan fingerprint density at radius 3 is 2.56 bits per heavy atom. The molecular formula is C13H15NO2. The van der Waals surface area contributed by atoms with Crippen LogP contribution in [0, 0.1) is 19.3 Å². The first-order valence-corrected chi connectivity index (χ1v) is 5.10. The van der Waals surface area contributed by atoms with E-state index in [9.17, 15) is 4.79 Å². The fourth-order valence-corrected chi connectivity index (χ4v) is 1.42. The van der Waals surface area contributed by atoms with Gasteiger partial charge in [-0.2, -0.15) is 0 Å². The van der Waals surface area contributed by atoms with E-state index in [1.807, 2.05) is 31.2 Å². The van der Waals surface area contributed by atoms with Gasteiger partial charge in [-0.15, -0.1) is 12.3 Å². The molecule has 0 aliphatic rings. The van der Waals surface area contributed by atoms with Crippen molar-refractivity contribution in [2.75, 3.05) is 18.0 Å². The Bertz CT molecular complexity index is 389. The van der Waals surface area contributed by atoms with Crippen LogP contribution < -0.4 is 4.90 Å². The third-order valence-electron chi connectivity index (χ3n) is 2.25. The van der Waals surface area contributed by atoms with Crippen LogP contribution in [0.25, 0.3) is 0 Å². The van der Waals surface area contributed by atoms with Gasteiger partial charge in [0.2, 0.25) is 0 Å². The zero-order valence-electron chi connectivity index (χ0n) is 9.31. The Morgan fingerprint density at radius 2 is 2.06 bits per heavy atom. The molecule has 84 valence electrons. The summed E-state index contributed by atoms with van der Waals surface area (Å²) >= 11 is 0. The third-order valence-corrected chi connectivity index (χ3v) is 2.25. The summed E-state index contributed by atoms with van der Waals surface area (Å²) in [5.41, 5.74) is 2.04. The summed E-state index contributed by atoms with van der Waals surface area (Å²) in [4.78, 5) is 12.5. The molecule has 3 nitrogen and oxygen atoms in total. The molecule has 0 fully saturated rings. The molecule has 0 heterocycles. The van der Waals surface area contributed by atoms with Crippen LogP contribution in [0.5, 0.6) is 0 Å².